The van der Waals surface area contributed by atoms with Crippen molar-refractivity contribution in [3.8, 4) is 23.3 Å². The SMILES string of the molecule is c1ccc(N2C3CCC4CC2CC4C3)c(-c2nc(-n3c4ccccc4c4ccccc43)nc(-n3c4ccccc4c4ccccc43)n2)c1. The highest BCUT2D eigenvalue weighted by Crippen LogP contribution is 2.53. The minimum absolute atomic E-state index is 0.587. The Balaban J connectivity index is 1.21. The molecule has 1 saturated heterocycles. The first kappa shape index (κ1) is 26.6. The Morgan fingerprint density at radius 3 is 1.46 bits per heavy atom. The van der Waals surface area contributed by atoms with Crippen LogP contribution in [0.3, 0.4) is 0 Å². The van der Waals surface area contributed by atoms with Gasteiger partial charge in [0.25, 0.3) is 0 Å². The van der Waals surface area contributed by atoms with Crippen LogP contribution in [0.25, 0.3) is 66.9 Å². The minimum atomic E-state index is 0.587. The van der Waals surface area contributed by atoms with E-state index in [0.29, 0.717) is 29.8 Å². The van der Waals surface area contributed by atoms with Gasteiger partial charge in [-0.3, -0.25) is 9.13 Å². The summed E-state index contributed by atoms with van der Waals surface area (Å²) in [6.45, 7) is 0. The maximum absolute atomic E-state index is 5.40. The summed E-state index contributed by atoms with van der Waals surface area (Å²) < 4.78 is 4.44. The first-order valence-electron chi connectivity index (χ1n) is 17.4. The largest absolute Gasteiger partial charge is 0.365 e. The second kappa shape index (κ2) is 10.0. The van der Waals surface area contributed by atoms with Crippen molar-refractivity contribution >= 4 is 49.3 Å². The quantitative estimate of drug-likeness (QED) is 0.196. The van der Waals surface area contributed by atoms with Crippen LogP contribution in [-0.4, -0.2) is 36.2 Å². The topological polar surface area (TPSA) is 51.8 Å². The molecule has 3 bridgehead atoms. The minimum Gasteiger partial charge on any atom is -0.365 e. The van der Waals surface area contributed by atoms with Gasteiger partial charge in [0.2, 0.25) is 11.9 Å². The summed E-state index contributed by atoms with van der Waals surface area (Å²) in [7, 11) is 0. The van der Waals surface area contributed by atoms with Crippen molar-refractivity contribution in [2.75, 3.05) is 4.90 Å². The molecule has 8 aromatic rings. The molecule has 11 rings (SSSR count). The van der Waals surface area contributed by atoms with Crippen molar-refractivity contribution in [1.82, 2.24) is 24.1 Å². The van der Waals surface area contributed by atoms with Gasteiger partial charge < -0.3 is 4.90 Å². The zero-order chi connectivity index (χ0) is 31.3. The first-order chi connectivity index (χ1) is 23.8. The Bertz CT molecular complexity index is 2310. The van der Waals surface area contributed by atoms with E-state index in [0.717, 1.165) is 39.5 Å². The number of benzene rings is 5. The molecule has 0 N–H and O–H groups in total. The van der Waals surface area contributed by atoms with Gasteiger partial charge in [0.15, 0.2) is 5.82 Å². The summed E-state index contributed by atoms with van der Waals surface area (Å²) in [5, 5.41) is 4.75. The molecule has 48 heavy (non-hydrogen) atoms. The van der Waals surface area contributed by atoms with Gasteiger partial charge in [0.1, 0.15) is 0 Å². The van der Waals surface area contributed by atoms with E-state index in [4.69, 9.17) is 15.0 Å². The molecular weight excluding hydrogens is 589 g/mol. The first-order valence-corrected chi connectivity index (χ1v) is 17.4. The fourth-order valence-corrected chi connectivity index (χ4v) is 9.71. The Labute approximate surface area is 278 Å². The van der Waals surface area contributed by atoms with Crippen LogP contribution in [0.5, 0.6) is 0 Å². The third-order valence-electron chi connectivity index (χ3n) is 11.6. The van der Waals surface area contributed by atoms with Gasteiger partial charge in [0.05, 0.1) is 22.1 Å². The average molecular weight is 623 g/mol. The van der Waals surface area contributed by atoms with E-state index in [1.54, 1.807) is 0 Å². The molecule has 0 spiro atoms. The Kier molecular flexibility index (Phi) is 5.54. The molecule has 5 aromatic carbocycles. The molecule has 2 saturated carbocycles. The number of piperidine rings is 1. The molecule has 4 atom stereocenters. The van der Waals surface area contributed by atoms with Gasteiger partial charge in [-0.05, 0) is 80.3 Å². The van der Waals surface area contributed by atoms with Crippen LogP contribution in [0.4, 0.5) is 5.69 Å². The van der Waals surface area contributed by atoms with Gasteiger partial charge >= 0.3 is 0 Å². The van der Waals surface area contributed by atoms with Gasteiger partial charge in [-0.15, -0.1) is 0 Å². The smallest absolute Gasteiger partial charge is 0.240 e. The highest BCUT2D eigenvalue weighted by atomic mass is 15.3. The van der Waals surface area contributed by atoms with Crippen LogP contribution in [0.2, 0.25) is 0 Å². The maximum Gasteiger partial charge on any atom is 0.240 e. The Hall–Kier alpha value is -5.49. The number of para-hydroxylation sites is 5. The molecular formula is C42H34N6. The number of aromatic nitrogens is 5. The monoisotopic (exact) mass is 622 g/mol. The van der Waals surface area contributed by atoms with Crippen molar-refractivity contribution in [1.29, 1.82) is 0 Å². The lowest BCUT2D eigenvalue weighted by Gasteiger charge is -2.45. The number of hydrogen-bond acceptors (Lipinski definition) is 4. The standard InChI is InChI=1S/C42H34N6/c1-6-16-35-30(11-1)31-12-2-7-17-36(31)47(35)41-43-40(34-15-5-10-20-39(34)46-28-22-21-26-23-29(46)25-27(26)24-28)44-42(45-41)48-37-18-8-3-13-32(37)33-14-4-9-19-38(33)48/h1-20,26-29H,21-25H2. The fourth-order valence-electron chi connectivity index (χ4n) is 9.71. The summed E-state index contributed by atoms with van der Waals surface area (Å²) in [6, 6.07) is 44.4. The lowest BCUT2D eigenvalue weighted by molar-refractivity contribution is 0.234. The maximum atomic E-state index is 5.40. The molecule has 3 aromatic heterocycles. The Morgan fingerprint density at radius 2 is 0.896 bits per heavy atom. The molecule has 3 fully saturated rings. The van der Waals surface area contributed by atoms with Crippen molar-refractivity contribution < 1.29 is 0 Å². The molecule has 4 heterocycles. The van der Waals surface area contributed by atoms with E-state index in [9.17, 15) is 0 Å². The van der Waals surface area contributed by atoms with E-state index < -0.39 is 0 Å². The van der Waals surface area contributed by atoms with E-state index in [1.807, 2.05) is 0 Å². The molecule has 0 radical (unpaired) electrons. The van der Waals surface area contributed by atoms with Crippen molar-refractivity contribution in [2.24, 2.45) is 11.8 Å². The normalized spacial score (nSPS) is 21.7. The second-order valence-electron chi connectivity index (χ2n) is 14.0. The van der Waals surface area contributed by atoms with Crippen LogP contribution < -0.4 is 4.90 Å². The van der Waals surface area contributed by atoms with E-state index in [2.05, 4.69) is 135 Å². The van der Waals surface area contributed by atoms with Crippen molar-refractivity contribution in [3.63, 3.8) is 0 Å². The lowest BCUT2D eigenvalue weighted by Crippen LogP contribution is -2.47. The lowest BCUT2D eigenvalue weighted by atomic mass is 9.78. The van der Waals surface area contributed by atoms with Gasteiger partial charge in [-0.2, -0.15) is 15.0 Å². The van der Waals surface area contributed by atoms with Gasteiger partial charge in [-0.25, -0.2) is 0 Å². The summed E-state index contributed by atoms with van der Waals surface area (Å²) in [5.74, 6) is 3.76. The van der Waals surface area contributed by atoms with E-state index >= 15 is 0 Å². The van der Waals surface area contributed by atoms with Crippen LogP contribution >= 0.6 is 0 Å². The molecule has 232 valence electrons. The number of fused-ring (bicyclic) bond motifs is 8. The van der Waals surface area contributed by atoms with E-state index in [-0.39, 0.29) is 0 Å². The van der Waals surface area contributed by atoms with Crippen LogP contribution in [0.1, 0.15) is 32.1 Å². The summed E-state index contributed by atoms with van der Waals surface area (Å²) >= 11 is 0. The number of nitrogens with zero attached hydrogens (tertiary/aromatic N) is 6. The predicted molar refractivity (Wildman–Crippen MR) is 194 cm³/mol. The molecule has 6 nitrogen and oxygen atoms in total. The fraction of sp³-hybridized carbons (Fsp3) is 0.214. The van der Waals surface area contributed by atoms with Crippen molar-refractivity contribution in [3.05, 3.63) is 121 Å². The number of rotatable bonds is 4. The van der Waals surface area contributed by atoms with Crippen LogP contribution in [0, 0.1) is 11.8 Å². The van der Waals surface area contributed by atoms with Crippen LogP contribution in [-0.2, 0) is 0 Å². The number of anilines is 1. The van der Waals surface area contributed by atoms with Gasteiger partial charge in [-0.1, -0.05) is 84.9 Å². The van der Waals surface area contributed by atoms with Gasteiger partial charge in [0, 0.05) is 44.9 Å². The summed E-state index contributed by atoms with van der Waals surface area (Å²) in [6.07, 6.45) is 6.58. The summed E-state index contributed by atoms with van der Waals surface area (Å²) in [5.41, 5.74) is 6.69. The number of hydrogen-bond donors (Lipinski definition) is 0. The Morgan fingerprint density at radius 1 is 0.438 bits per heavy atom. The molecule has 3 aliphatic rings. The highest BCUT2D eigenvalue weighted by Gasteiger charge is 2.49. The average Bonchev–Trinajstić information content (AvgIpc) is 3.75. The van der Waals surface area contributed by atoms with Crippen LogP contribution in [0.15, 0.2) is 121 Å². The molecule has 4 unspecified atom stereocenters. The van der Waals surface area contributed by atoms with E-state index in [1.165, 1.54) is 59.3 Å². The zero-order valence-electron chi connectivity index (χ0n) is 26.6. The zero-order valence-corrected chi connectivity index (χ0v) is 26.6. The summed E-state index contributed by atoms with van der Waals surface area (Å²) in [4.78, 5) is 18.9. The molecule has 0 amide bonds. The highest BCUT2D eigenvalue weighted by molar-refractivity contribution is 6.10. The predicted octanol–water partition coefficient (Wildman–Crippen LogP) is 9.50. The molecule has 1 aliphatic heterocycles. The third-order valence-corrected chi connectivity index (χ3v) is 11.6. The molecule has 6 heteroatoms. The molecule has 2 aliphatic carbocycles. The second-order valence-corrected chi connectivity index (χ2v) is 14.0. The van der Waals surface area contributed by atoms with Crippen molar-refractivity contribution in [2.45, 2.75) is 44.2 Å². The third kappa shape index (κ3) is 3.71.